The summed E-state index contributed by atoms with van der Waals surface area (Å²) in [5.41, 5.74) is -0.511. The molecule has 0 bridgehead atoms. The van der Waals surface area contributed by atoms with Crippen LogP contribution in [0.1, 0.15) is 5.56 Å². The van der Waals surface area contributed by atoms with E-state index in [1.54, 1.807) is 0 Å². The molecule has 0 saturated heterocycles. The first kappa shape index (κ1) is 15.8. The van der Waals surface area contributed by atoms with E-state index in [1.165, 1.54) is 18.2 Å². The van der Waals surface area contributed by atoms with Gasteiger partial charge in [0.25, 0.3) is 0 Å². The van der Waals surface area contributed by atoms with Crippen LogP contribution in [-0.4, -0.2) is 0 Å². The standard InChI is InChI=1S/C13H5Cl4F3/c14-8-4-6(3-7(5-8)13(18,19)20)11-9(15)1-2-10(16)12(11)17/h1-5H. The minimum absolute atomic E-state index is 0.0677. The summed E-state index contributed by atoms with van der Waals surface area (Å²) in [6, 6.07) is 6.02. The summed E-state index contributed by atoms with van der Waals surface area (Å²) in [6.45, 7) is 0. The maximum atomic E-state index is 12.8. The van der Waals surface area contributed by atoms with Crippen LogP contribution in [0, 0.1) is 0 Å². The van der Waals surface area contributed by atoms with Crippen molar-refractivity contribution in [3.8, 4) is 11.1 Å². The molecule has 0 radical (unpaired) electrons. The highest BCUT2D eigenvalue weighted by Crippen LogP contribution is 2.42. The second kappa shape index (κ2) is 5.64. The fourth-order valence-electron chi connectivity index (χ4n) is 1.69. The molecule has 2 rings (SSSR count). The quantitative estimate of drug-likeness (QED) is 0.481. The predicted octanol–water partition coefficient (Wildman–Crippen LogP) is 6.99. The molecule has 0 aliphatic rings. The van der Waals surface area contributed by atoms with E-state index in [0.717, 1.165) is 12.1 Å². The molecular formula is C13H5Cl4F3. The van der Waals surface area contributed by atoms with E-state index >= 15 is 0 Å². The monoisotopic (exact) mass is 358 g/mol. The lowest BCUT2D eigenvalue weighted by atomic mass is 10.0. The van der Waals surface area contributed by atoms with Crippen molar-refractivity contribution in [2.24, 2.45) is 0 Å². The fraction of sp³-hybridized carbons (Fsp3) is 0.0769. The first-order valence-electron chi connectivity index (χ1n) is 5.22. The zero-order valence-corrected chi connectivity index (χ0v) is 12.6. The summed E-state index contributed by atoms with van der Waals surface area (Å²) in [5, 5.41) is 0.394. The lowest BCUT2D eigenvalue weighted by Gasteiger charge is -2.13. The highest BCUT2D eigenvalue weighted by Gasteiger charge is 2.31. The molecule has 0 aromatic heterocycles. The first-order valence-corrected chi connectivity index (χ1v) is 6.73. The van der Waals surface area contributed by atoms with Crippen LogP contribution in [0.15, 0.2) is 30.3 Å². The Bertz CT molecular complexity index is 665. The first-order chi connectivity index (χ1) is 9.20. The van der Waals surface area contributed by atoms with E-state index < -0.39 is 11.7 Å². The molecule has 0 aliphatic carbocycles. The van der Waals surface area contributed by atoms with E-state index in [-0.39, 0.29) is 31.2 Å². The third-order valence-corrected chi connectivity index (χ3v) is 3.90. The molecule has 0 fully saturated rings. The van der Waals surface area contributed by atoms with Crippen LogP contribution in [0.2, 0.25) is 20.1 Å². The molecule has 0 saturated carbocycles. The van der Waals surface area contributed by atoms with Crippen molar-refractivity contribution in [1.29, 1.82) is 0 Å². The summed E-state index contributed by atoms with van der Waals surface area (Å²) in [6.07, 6.45) is -4.52. The van der Waals surface area contributed by atoms with E-state index in [0.29, 0.717) is 0 Å². The smallest absolute Gasteiger partial charge is 0.166 e. The Hall–Kier alpha value is -0.610. The lowest BCUT2D eigenvalue weighted by Crippen LogP contribution is -2.05. The zero-order chi connectivity index (χ0) is 15.1. The van der Waals surface area contributed by atoms with Crippen molar-refractivity contribution in [2.45, 2.75) is 6.18 Å². The van der Waals surface area contributed by atoms with Gasteiger partial charge in [0.2, 0.25) is 0 Å². The molecule has 0 N–H and O–H groups in total. The minimum atomic E-state index is -4.52. The van der Waals surface area contributed by atoms with Crippen molar-refractivity contribution in [3.63, 3.8) is 0 Å². The average Bonchev–Trinajstić information content (AvgIpc) is 2.33. The molecule has 2 aromatic carbocycles. The molecule has 2 aromatic rings. The van der Waals surface area contributed by atoms with Gasteiger partial charge in [0, 0.05) is 15.6 Å². The SMILES string of the molecule is FC(F)(F)c1cc(Cl)cc(-c2c(Cl)ccc(Cl)c2Cl)c1. The highest BCUT2D eigenvalue weighted by molar-refractivity contribution is 6.46. The zero-order valence-electron chi connectivity index (χ0n) is 9.53. The number of rotatable bonds is 1. The van der Waals surface area contributed by atoms with Gasteiger partial charge in [-0.25, -0.2) is 0 Å². The molecule has 7 heteroatoms. The Labute approximate surface area is 133 Å². The van der Waals surface area contributed by atoms with Crippen LogP contribution < -0.4 is 0 Å². The third kappa shape index (κ3) is 3.17. The molecule has 0 unspecified atom stereocenters. The Morgan fingerprint density at radius 1 is 0.800 bits per heavy atom. The highest BCUT2D eigenvalue weighted by atomic mass is 35.5. The average molecular weight is 360 g/mol. The number of hydrogen-bond donors (Lipinski definition) is 0. The largest absolute Gasteiger partial charge is 0.416 e. The van der Waals surface area contributed by atoms with Gasteiger partial charge in [0.15, 0.2) is 0 Å². The Kier molecular flexibility index (Phi) is 4.45. The molecule has 20 heavy (non-hydrogen) atoms. The summed E-state index contributed by atoms with van der Waals surface area (Å²) >= 11 is 23.6. The van der Waals surface area contributed by atoms with Gasteiger partial charge in [-0.15, -0.1) is 0 Å². The van der Waals surface area contributed by atoms with Crippen molar-refractivity contribution in [2.75, 3.05) is 0 Å². The van der Waals surface area contributed by atoms with E-state index in [2.05, 4.69) is 0 Å². The van der Waals surface area contributed by atoms with Crippen molar-refractivity contribution in [3.05, 3.63) is 56.0 Å². The summed E-state index contributed by atoms with van der Waals surface area (Å²) in [5.74, 6) is 0. The van der Waals surface area contributed by atoms with Gasteiger partial charge in [-0.2, -0.15) is 13.2 Å². The maximum absolute atomic E-state index is 12.8. The summed E-state index contributed by atoms with van der Waals surface area (Å²) in [7, 11) is 0. The van der Waals surface area contributed by atoms with Crippen LogP contribution in [0.4, 0.5) is 13.2 Å². The molecule has 0 atom stereocenters. The number of alkyl halides is 3. The minimum Gasteiger partial charge on any atom is -0.166 e. The van der Waals surface area contributed by atoms with Crippen LogP contribution >= 0.6 is 46.4 Å². The van der Waals surface area contributed by atoms with Gasteiger partial charge < -0.3 is 0 Å². The van der Waals surface area contributed by atoms with Gasteiger partial charge in [0.1, 0.15) is 0 Å². The molecule has 0 spiro atoms. The molecule has 106 valence electrons. The Balaban J connectivity index is 2.71. The Morgan fingerprint density at radius 2 is 1.40 bits per heavy atom. The fourth-order valence-corrected chi connectivity index (χ4v) is 2.67. The van der Waals surface area contributed by atoms with Crippen molar-refractivity contribution in [1.82, 2.24) is 0 Å². The van der Waals surface area contributed by atoms with E-state index in [1.807, 2.05) is 0 Å². The number of benzene rings is 2. The van der Waals surface area contributed by atoms with Crippen LogP contribution in [-0.2, 0) is 6.18 Å². The number of hydrogen-bond acceptors (Lipinski definition) is 0. The second-order valence-electron chi connectivity index (χ2n) is 3.94. The van der Waals surface area contributed by atoms with Gasteiger partial charge in [-0.1, -0.05) is 46.4 Å². The van der Waals surface area contributed by atoms with Gasteiger partial charge in [0.05, 0.1) is 15.6 Å². The molecule has 0 aliphatic heterocycles. The topological polar surface area (TPSA) is 0 Å². The van der Waals surface area contributed by atoms with Crippen molar-refractivity contribution < 1.29 is 13.2 Å². The molecule has 0 amide bonds. The van der Waals surface area contributed by atoms with E-state index in [4.69, 9.17) is 46.4 Å². The van der Waals surface area contributed by atoms with Crippen LogP contribution in [0.25, 0.3) is 11.1 Å². The van der Waals surface area contributed by atoms with Gasteiger partial charge in [-0.3, -0.25) is 0 Å². The van der Waals surface area contributed by atoms with Gasteiger partial charge in [-0.05, 0) is 35.9 Å². The van der Waals surface area contributed by atoms with Crippen molar-refractivity contribution >= 4 is 46.4 Å². The Morgan fingerprint density at radius 3 is 2.00 bits per heavy atom. The third-order valence-electron chi connectivity index (χ3n) is 2.56. The molecule has 0 heterocycles. The van der Waals surface area contributed by atoms with Gasteiger partial charge >= 0.3 is 6.18 Å². The second-order valence-corrected chi connectivity index (χ2v) is 5.57. The molecular weight excluding hydrogens is 355 g/mol. The maximum Gasteiger partial charge on any atom is 0.416 e. The predicted molar refractivity (Wildman–Crippen MR) is 76.9 cm³/mol. The van der Waals surface area contributed by atoms with E-state index in [9.17, 15) is 13.2 Å². The summed E-state index contributed by atoms with van der Waals surface area (Å²) in [4.78, 5) is 0. The van der Waals surface area contributed by atoms with Crippen LogP contribution in [0.5, 0.6) is 0 Å². The van der Waals surface area contributed by atoms with Crippen LogP contribution in [0.3, 0.4) is 0 Å². The summed E-state index contributed by atoms with van der Waals surface area (Å²) < 4.78 is 38.4. The number of halogens is 7. The normalized spacial score (nSPS) is 11.8. The lowest BCUT2D eigenvalue weighted by molar-refractivity contribution is -0.137. The molecule has 0 nitrogen and oxygen atoms in total.